The van der Waals surface area contributed by atoms with Gasteiger partial charge in [0.05, 0.1) is 18.1 Å². The van der Waals surface area contributed by atoms with Crippen molar-refractivity contribution in [3.8, 4) is 17.4 Å². The molecule has 2 aromatic heterocycles. The van der Waals surface area contributed by atoms with E-state index in [1.165, 1.54) is 0 Å². The molecule has 3 aromatic rings. The summed E-state index contributed by atoms with van der Waals surface area (Å²) in [5, 5.41) is 4.24. The monoisotopic (exact) mass is 240 g/mol. The van der Waals surface area contributed by atoms with Crippen molar-refractivity contribution in [1.29, 1.82) is 0 Å². The van der Waals surface area contributed by atoms with Gasteiger partial charge in [-0.1, -0.05) is 18.2 Å². The zero-order chi connectivity index (χ0) is 12.4. The molecule has 4 heteroatoms. The van der Waals surface area contributed by atoms with Crippen molar-refractivity contribution >= 4 is 0 Å². The summed E-state index contributed by atoms with van der Waals surface area (Å²) in [5.74, 6) is 1.94. The Kier molecular flexibility index (Phi) is 2.61. The average Bonchev–Trinajstić information content (AvgIpc) is 3.01. The molecule has 0 aliphatic heterocycles. The smallest absolute Gasteiger partial charge is 0.290 e. The molecule has 0 unspecified atom stereocenters. The van der Waals surface area contributed by atoms with Crippen molar-refractivity contribution in [3.63, 3.8) is 0 Å². The molecule has 1 aromatic carbocycles. The molecular weight excluding hydrogens is 228 g/mol. The largest absolute Gasteiger partial charge is 0.431 e. The van der Waals surface area contributed by atoms with Crippen molar-refractivity contribution in [2.75, 3.05) is 0 Å². The van der Waals surface area contributed by atoms with Crippen LogP contribution in [-0.4, -0.2) is 9.78 Å². The Hall–Kier alpha value is -2.49. The molecule has 4 nitrogen and oxygen atoms in total. The Morgan fingerprint density at radius 1 is 1.11 bits per heavy atom. The first-order chi connectivity index (χ1) is 8.81. The molecule has 0 aliphatic carbocycles. The molecule has 0 atom stereocenters. The lowest BCUT2D eigenvalue weighted by atomic mass is 10.3. The number of aromatic nitrogens is 2. The zero-order valence-electron chi connectivity index (χ0n) is 9.91. The van der Waals surface area contributed by atoms with Gasteiger partial charge in [0.2, 0.25) is 0 Å². The fourth-order valence-corrected chi connectivity index (χ4v) is 1.66. The van der Waals surface area contributed by atoms with Gasteiger partial charge in [-0.05, 0) is 25.1 Å². The van der Waals surface area contributed by atoms with E-state index in [1.807, 2.05) is 49.5 Å². The molecular formula is C14H12N2O2. The number of benzene rings is 1. The molecule has 0 radical (unpaired) electrons. The van der Waals surface area contributed by atoms with Crippen molar-refractivity contribution in [2.45, 2.75) is 6.92 Å². The highest BCUT2D eigenvalue weighted by Crippen LogP contribution is 2.23. The molecule has 90 valence electrons. The van der Waals surface area contributed by atoms with Crippen LogP contribution in [0, 0.1) is 6.92 Å². The van der Waals surface area contributed by atoms with Gasteiger partial charge in [-0.25, -0.2) is 4.68 Å². The lowest BCUT2D eigenvalue weighted by molar-refractivity contribution is 0.338. The highest BCUT2D eigenvalue weighted by atomic mass is 16.6. The van der Waals surface area contributed by atoms with Crippen molar-refractivity contribution in [1.82, 2.24) is 9.78 Å². The summed E-state index contributed by atoms with van der Waals surface area (Å²) in [6.07, 6.45) is 3.47. The van der Waals surface area contributed by atoms with Crippen LogP contribution in [0.2, 0.25) is 0 Å². The number of rotatable bonds is 3. The summed E-state index contributed by atoms with van der Waals surface area (Å²) in [4.78, 5) is 0. The van der Waals surface area contributed by atoms with E-state index in [2.05, 4.69) is 5.10 Å². The topological polar surface area (TPSA) is 40.2 Å². The maximum atomic E-state index is 5.55. The van der Waals surface area contributed by atoms with Crippen molar-refractivity contribution in [3.05, 3.63) is 60.6 Å². The number of para-hydroxylation sites is 1. The first kappa shape index (κ1) is 10.7. The third-order valence-corrected chi connectivity index (χ3v) is 2.51. The minimum Gasteiger partial charge on any atom is -0.431 e. The molecule has 0 bridgehead atoms. The van der Waals surface area contributed by atoms with E-state index in [9.17, 15) is 0 Å². The maximum absolute atomic E-state index is 5.55. The average molecular weight is 240 g/mol. The summed E-state index contributed by atoms with van der Waals surface area (Å²) < 4.78 is 12.6. The van der Waals surface area contributed by atoms with E-state index < -0.39 is 0 Å². The van der Waals surface area contributed by atoms with E-state index in [-0.39, 0.29) is 0 Å². The molecule has 0 spiro atoms. The first-order valence-corrected chi connectivity index (χ1v) is 5.66. The fourth-order valence-electron chi connectivity index (χ4n) is 1.66. The van der Waals surface area contributed by atoms with Crippen LogP contribution in [0.4, 0.5) is 0 Å². The second kappa shape index (κ2) is 4.41. The van der Waals surface area contributed by atoms with Crippen LogP contribution in [-0.2, 0) is 0 Å². The summed E-state index contributed by atoms with van der Waals surface area (Å²) in [6.45, 7) is 1.88. The van der Waals surface area contributed by atoms with Gasteiger partial charge in [0, 0.05) is 6.07 Å². The van der Waals surface area contributed by atoms with Gasteiger partial charge < -0.3 is 9.15 Å². The predicted octanol–water partition coefficient (Wildman–Crippen LogP) is 3.57. The normalized spacial score (nSPS) is 10.5. The van der Waals surface area contributed by atoms with Gasteiger partial charge in [-0.2, -0.15) is 5.10 Å². The summed E-state index contributed by atoms with van der Waals surface area (Å²) in [5.41, 5.74) is 0.989. The lowest BCUT2D eigenvalue weighted by Gasteiger charge is -1.99. The summed E-state index contributed by atoms with van der Waals surface area (Å²) in [6, 6.07) is 13.5. The minimum absolute atomic E-state index is 0.472. The van der Waals surface area contributed by atoms with Gasteiger partial charge in [-0.3, -0.25) is 0 Å². The van der Waals surface area contributed by atoms with Crippen LogP contribution in [0.1, 0.15) is 5.76 Å². The van der Waals surface area contributed by atoms with E-state index in [1.54, 1.807) is 16.9 Å². The third kappa shape index (κ3) is 2.13. The van der Waals surface area contributed by atoms with Gasteiger partial charge >= 0.3 is 0 Å². The standard InChI is InChI=1S/C14H12N2O2/c1-11-7-8-14(17-11)18-13-9-15-16(10-13)12-5-3-2-4-6-12/h2-10H,1H3. The predicted molar refractivity (Wildman–Crippen MR) is 67.1 cm³/mol. The molecule has 0 saturated heterocycles. The first-order valence-electron chi connectivity index (χ1n) is 5.66. The minimum atomic E-state index is 0.472. The van der Waals surface area contributed by atoms with E-state index in [0.29, 0.717) is 11.7 Å². The van der Waals surface area contributed by atoms with Crippen LogP contribution in [0.25, 0.3) is 5.69 Å². The molecule has 18 heavy (non-hydrogen) atoms. The number of hydrogen-bond acceptors (Lipinski definition) is 3. The Bertz CT molecular complexity index is 641. The van der Waals surface area contributed by atoms with Crippen LogP contribution in [0.3, 0.4) is 0 Å². The molecule has 0 N–H and O–H groups in total. The van der Waals surface area contributed by atoms with Gasteiger partial charge in [0.25, 0.3) is 5.95 Å². The summed E-state index contributed by atoms with van der Waals surface area (Å²) in [7, 11) is 0. The van der Waals surface area contributed by atoms with Gasteiger partial charge in [0.15, 0.2) is 5.75 Å². The fraction of sp³-hybridized carbons (Fsp3) is 0.0714. The maximum Gasteiger partial charge on any atom is 0.290 e. The number of hydrogen-bond donors (Lipinski definition) is 0. The highest BCUT2D eigenvalue weighted by Gasteiger charge is 2.05. The number of ether oxygens (including phenoxy) is 1. The van der Waals surface area contributed by atoms with Crippen LogP contribution >= 0.6 is 0 Å². The summed E-state index contributed by atoms with van der Waals surface area (Å²) >= 11 is 0. The zero-order valence-corrected chi connectivity index (χ0v) is 9.91. The SMILES string of the molecule is Cc1ccc(Oc2cnn(-c3ccccc3)c2)o1. The Labute approximate surface area is 104 Å². The second-order valence-corrected chi connectivity index (χ2v) is 3.92. The van der Waals surface area contributed by atoms with E-state index in [4.69, 9.17) is 9.15 Å². The lowest BCUT2D eigenvalue weighted by Crippen LogP contribution is -1.92. The molecule has 0 aliphatic rings. The van der Waals surface area contributed by atoms with Crippen LogP contribution in [0.5, 0.6) is 11.7 Å². The van der Waals surface area contributed by atoms with Crippen LogP contribution in [0.15, 0.2) is 59.3 Å². The van der Waals surface area contributed by atoms with Crippen molar-refractivity contribution in [2.24, 2.45) is 0 Å². The molecule has 3 rings (SSSR count). The third-order valence-electron chi connectivity index (χ3n) is 2.51. The Morgan fingerprint density at radius 2 is 1.94 bits per heavy atom. The number of nitrogens with zero attached hydrogens (tertiary/aromatic N) is 2. The molecule has 0 amide bonds. The molecule has 0 fully saturated rings. The van der Waals surface area contributed by atoms with Gasteiger partial charge in [-0.15, -0.1) is 0 Å². The van der Waals surface area contributed by atoms with E-state index >= 15 is 0 Å². The highest BCUT2D eigenvalue weighted by molar-refractivity contribution is 5.32. The van der Waals surface area contributed by atoms with Crippen LogP contribution < -0.4 is 4.74 Å². The Morgan fingerprint density at radius 3 is 2.67 bits per heavy atom. The molecule has 2 heterocycles. The number of furan rings is 1. The Balaban J connectivity index is 1.82. The number of aryl methyl sites for hydroxylation is 1. The quantitative estimate of drug-likeness (QED) is 0.702. The van der Waals surface area contributed by atoms with E-state index in [0.717, 1.165) is 11.4 Å². The second-order valence-electron chi connectivity index (χ2n) is 3.92. The molecule has 0 saturated carbocycles. The van der Waals surface area contributed by atoms with Gasteiger partial charge in [0.1, 0.15) is 5.76 Å². The van der Waals surface area contributed by atoms with Crippen molar-refractivity contribution < 1.29 is 9.15 Å².